The lowest BCUT2D eigenvalue weighted by molar-refractivity contribution is -0.122. The molecule has 2 aromatic carbocycles. The van der Waals surface area contributed by atoms with Gasteiger partial charge >= 0.3 is 0 Å². The summed E-state index contributed by atoms with van der Waals surface area (Å²) in [7, 11) is 0. The fourth-order valence-electron chi connectivity index (χ4n) is 2.39. The summed E-state index contributed by atoms with van der Waals surface area (Å²) in [6.07, 6.45) is 1.52. The molecule has 1 aliphatic rings. The Hall–Kier alpha value is -3.00. The number of thioether (sulfide) groups is 1. The number of nitrogens with zero attached hydrogens (tertiary/aromatic N) is 1. The third kappa shape index (κ3) is 4.59. The third-order valence-corrected chi connectivity index (χ3v) is 4.68. The van der Waals surface area contributed by atoms with E-state index in [1.165, 1.54) is 54.6 Å². The van der Waals surface area contributed by atoms with E-state index >= 15 is 0 Å². The van der Waals surface area contributed by atoms with Crippen LogP contribution in [0.25, 0.3) is 6.08 Å². The van der Waals surface area contributed by atoms with Gasteiger partial charge in [-0.25, -0.2) is 8.78 Å². The second-order valence-corrected chi connectivity index (χ2v) is 6.64. The van der Waals surface area contributed by atoms with Crippen molar-refractivity contribution in [2.45, 2.75) is 0 Å². The van der Waals surface area contributed by atoms with Crippen LogP contribution in [0.2, 0.25) is 0 Å². The average Bonchev–Trinajstić information content (AvgIpc) is 2.91. The van der Waals surface area contributed by atoms with E-state index < -0.39 is 28.7 Å². The minimum Gasteiger partial charge on any atom is -0.350 e. The van der Waals surface area contributed by atoms with Crippen LogP contribution in [0.5, 0.6) is 0 Å². The zero-order chi connectivity index (χ0) is 19.4. The number of rotatable bonds is 5. The molecule has 0 saturated carbocycles. The SMILES string of the molecule is O=C(NCCN1C(=O)SC(=Cc2ccc(F)cc2)C1=O)c1ccc(F)cc1. The van der Waals surface area contributed by atoms with Crippen LogP contribution in [-0.4, -0.2) is 35.0 Å². The predicted molar refractivity (Wildman–Crippen MR) is 97.8 cm³/mol. The molecule has 0 aromatic heterocycles. The molecule has 0 atom stereocenters. The zero-order valence-electron chi connectivity index (χ0n) is 13.9. The quantitative estimate of drug-likeness (QED) is 0.797. The van der Waals surface area contributed by atoms with Gasteiger partial charge in [0.15, 0.2) is 0 Å². The molecule has 1 N–H and O–H groups in total. The van der Waals surface area contributed by atoms with Gasteiger partial charge in [-0.15, -0.1) is 0 Å². The number of hydrogen-bond acceptors (Lipinski definition) is 4. The van der Waals surface area contributed by atoms with Crippen molar-refractivity contribution in [1.82, 2.24) is 10.2 Å². The van der Waals surface area contributed by atoms with E-state index in [9.17, 15) is 23.2 Å². The highest BCUT2D eigenvalue weighted by Gasteiger charge is 2.34. The molecule has 0 bridgehead atoms. The zero-order valence-corrected chi connectivity index (χ0v) is 14.8. The second-order valence-electron chi connectivity index (χ2n) is 5.65. The van der Waals surface area contributed by atoms with Crippen molar-refractivity contribution in [1.29, 1.82) is 0 Å². The van der Waals surface area contributed by atoms with Crippen LogP contribution in [0.15, 0.2) is 53.4 Å². The van der Waals surface area contributed by atoms with Gasteiger partial charge in [0.25, 0.3) is 17.1 Å². The average molecular weight is 388 g/mol. The Balaban J connectivity index is 1.58. The molecule has 138 valence electrons. The molecule has 3 amide bonds. The van der Waals surface area contributed by atoms with Crippen LogP contribution in [-0.2, 0) is 4.79 Å². The minimum atomic E-state index is -0.467. The molecule has 2 aromatic rings. The normalized spacial score (nSPS) is 15.5. The Bertz CT molecular complexity index is 912. The van der Waals surface area contributed by atoms with E-state index in [1.807, 2.05) is 0 Å². The fraction of sp³-hybridized carbons (Fsp3) is 0.105. The minimum absolute atomic E-state index is 0.0123. The number of imide groups is 1. The molecule has 8 heteroatoms. The Labute approximate surface area is 158 Å². The Morgan fingerprint density at radius 3 is 2.22 bits per heavy atom. The van der Waals surface area contributed by atoms with Crippen molar-refractivity contribution in [3.63, 3.8) is 0 Å². The van der Waals surface area contributed by atoms with Gasteiger partial charge in [-0.2, -0.15) is 0 Å². The fourth-order valence-corrected chi connectivity index (χ4v) is 3.25. The molecule has 1 aliphatic heterocycles. The Morgan fingerprint density at radius 2 is 1.59 bits per heavy atom. The van der Waals surface area contributed by atoms with Crippen LogP contribution in [0.4, 0.5) is 13.6 Å². The van der Waals surface area contributed by atoms with Crippen LogP contribution in [0.1, 0.15) is 15.9 Å². The Kier molecular flexibility index (Phi) is 5.66. The topological polar surface area (TPSA) is 66.5 Å². The van der Waals surface area contributed by atoms with Gasteiger partial charge in [0.05, 0.1) is 4.91 Å². The van der Waals surface area contributed by atoms with Gasteiger partial charge in [-0.1, -0.05) is 12.1 Å². The molecule has 3 rings (SSSR count). The number of nitrogens with one attached hydrogen (secondary N) is 1. The molecule has 1 heterocycles. The summed E-state index contributed by atoms with van der Waals surface area (Å²) in [6.45, 7) is 0.0798. The summed E-state index contributed by atoms with van der Waals surface area (Å²) < 4.78 is 25.8. The van der Waals surface area contributed by atoms with Crippen molar-refractivity contribution in [3.8, 4) is 0 Å². The summed E-state index contributed by atoms with van der Waals surface area (Å²) in [5, 5.41) is 2.14. The lowest BCUT2D eigenvalue weighted by Gasteiger charge is -2.13. The highest BCUT2D eigenvalue weighted by atomic mass is 32.2. The first-order chi connectivity index (χ1) is 12.9. The van der Waals surface area contributed by atoms with Gasteiger partial charge in [0.1, 0.15) is 11.6 Å². The van der Waals surface area contributed by atoms with Gasteiger partial charge in [0, 0.05) is 18.7 Å². The lowest BCUT2D eigenvalue weighted by Crippen LogP contribution is -2.37. The van der Waals surface area contributed by atoms with Gasteiger partial charge in [0.2, 0.25) is 0 Å². The van der Waals surface area contributed by atoms with Crippen LogP contribution in [0.3, 0.4) is 0 Å². The number of carbonyl (C=O) groups excluding carboxylic acids is 3. The maximum Gasteiger partial charge on any atom is 0.293 e. The van der Waals surface area contributed by atoms with Gasteiger partial charge in [-0.3, -0.25) is 19.3 Å². The monoisotopic (exact) mass is 388 g/mol. The summed E-state index contributed by atoms with van der Waals surface area (Å²) >= 11 is 0.788. The smallest absolute Gasteiger partial charge is 0.293 e. The number of halogens is 2. The predicted octanol–water partition coefficient (Wildman–Crippen LogP) is 3.43. The van der Waals surface area contributed by atoms with Gasteiger partial charge < -0.3 is 5.32 Å². The van der Waals surface area contributed by atoms with E-state index in [0.717, 1.165) is 16.7 Å². The first kappa shape index (κ1) is 18.8. The molecule has 5 nitrogen and oxygen atoms in total. The molecule has 27 heavy (non-hydrogen) atoms. The van der Waals surface area contributed by atoms with E-state index in [4.69, 9.17) is 0 Å². The van der Waals surface area contributed by atoms with E-state index in [2.05, 4.69) is 5.32 Å². The highest BCUT2D eigenvalue weighted by Crippen LogP contribution is 2.31. The van der Waals surface area contributed by atoms with Gasteiger partial charge in [-0.05, 0) is 59.8 Å². The molecule has 0 radical (unpaired) electrons. The van der Waals surface area contributed by atoms with E-state index in [1.54, 1.807) is 0 Å². The van der Waals surface area contributed by atoms with Crippen molar-refractivity contribution >= 4 is 34.9 Å². The van der Waals surface area contributed by atoms with Crippen molar-refractivity contribution in [3.05, 3.63) is 76.2 Å². The van der Waals surface area contributed by atoms with E-state index in [-0.39, 0.29) is 23.6 Å². The van der Waals surface area contributed by atoms with Crippen molar-refractivity contribution in [2.75, 3.05) is 13.1 Å². The number of benzene rings is 2. The van der Waals surface area contributed by atoms with Crippen molar-refractivity contribution in [2.24, 2.45) is 0 Å². The first-order valence-corrected chi connectivity index (χ1v) is 8.80. The maximum absolute atomic E-state index is 12.9. The highest BCUT2D eigenvalue weighted by molar-refractivity contribution is 8.18. The molecule has 1 fully saturated rings. The first-order valence-electron chi connectivity index (χ1n) is 7.99. The summed E-state index contributed by atoms with van der Waals surface area (Å²) in [4.78, 5) is 37.6. The summed E-state index contributed by atoms with van der Waals surface area (Å²) in [5.41, 5.74) is 0.883. The van der Waals surface area contributed by atoms with Crippen LogP contribution < -0.4 is 5.32 Å². The number of carbonyl (C=O) groups is 3. The molecular formula is C19H14F2N2O3S. The Morgan fingerprint density at radius 1 is 1.00 bits per heavy atom. The molecular weight excluding hydrogens is 374 g/mol. The standard InChI is InChI=1S/C19H14F2N2O3S/c20-14-5-1-12(2-6-14)11-16-18(25)23(19(26)27-16)10-9-22-17(24)13-3-7-15(21)8-4-13/h1-8,11H,9-10H2,(H,22,24). The number of amides is 3. The maximum atomic E-state index is 12.9. The van der Waals surface area contributed by atoms with Crippen LogP contribution >= 0.6 is 11.8 Å². The lowest BCUT2D eigenvalue weighted by atomic mass is 10.2. The molecule has 0 aliphatic carbocycles. The van der Waals surface area contributed by atoms with E-state index in [0.29, 0.717) is 5.56 Å². The third-order valence-electron chi connectivity index (χ3n) is 3.77. The van der Waals surface area contributed by atoms with Crippen LogP contribution in [0, 0.1) is 11.6 Å². The second kappa shape index (κ2) is 8.13. The molecule has 1 saturated heterocycles. The summed E-state index contributed by atoms with van der Waals surface area (Å²) in [5.74, 6) is -1.73. The summed E-state index contributed by atoms with van der Waals surface area (Å²) in [6, 6.07) is 10.6. The molecule has 0 unspecified atom stereocenters. The largest absolute Gasteiger partial charge is 0.350 e. The van der Waals surface area contributed by atoms with Crippen molar-refractivity contribution < 1.29 is 23.2 Å². The number of hydrogen-bond donors (Lipinski definition) is 1. The molecule has 0 spiro atoms.